The minimum absolute atomic E-state index is 0.280. The van der Waals surface area contributed by atoms with Crippen molar-refractivity contribution in [2.45, 2.75) is 13.5 Å². The number of hydrogen-bond donors (Lipinski definition) is 2. The number of urea groups is 1. The smallest absolute Gasteiger partial charge is 0.319 e. The molecule has 116 valence electrons. The largest absolute Gasteiger partial charge is 0.443 e. The van der Waals surface area contributed by atoms with Gasteiger partial charge in [-0.05, 0) is 24.6 Å². The van der Waals surface area contributed by atoms with Crippen molar-refractivity contribution in [2.75, 3.05) is 5.32 Å². The van der Waals surface area contributed by atoms with Gasteiger partial charge in [0.05, 0.1) is 6.54 Å². The zero-order chi connectivity index (χ0) is 16.1. The first-order valence-electron chi connectivity index (χ1n) is 7.31. The number of amides is 2. The fourth-order valence-electron chi connectivity index (χ4n) is 2.28. The molecule has 2 amide bonds. The predicted molar refractivity (Wildman–Crippen MR) is 89.0 cm³/mol. The highest BCUT2D eigenvalue weighted by atomic mass is 16.3. The summed E-state index contributed by atoms with van der Waals surface area (Å²) >= 11 is 0. The summed E-state index contributed by atoms with van der Waals surface area (Å²) in [7, 11) is 0. The van der Waals surface area contributed by atoms with Gasteiger partial charge in [-0.2, -0.15) is 0 Å². The van der Waals surface area contributed by atoms with Crippen LogP contribution in [0.2, 0.25) is 0 Å². The van der Waals surface area contributed by atoms with Crippen molar-refractivity contribution in [3.05, 3.63) is 72.2 Å². The second-order valence-corrected chi connectivity index (χ2v) is 5.17. The molecule has 0 saturated carbocycles. The zero-order valence-electron chi connectivity index (χ0n) is 12.7. The Labute approximate surface area is 134 Å². The first-order chi connectivity index (χ1) is 11.2. The predicted octanol–water partition coefficient (Wildman–Crippen LogP) is 3.97. The third-order valence-electron chi connectivity index (χ3n) is 3.37. The summed E-state index contributed by atoms with van der Waals surface area (Å²) in [6.07, 6.45) is 1.39. The molecule has 0 unspecified atom stereocenters. The quantitative estimate of drug-likeness (QED) is 0.766. The lowest BCUT2D eigenvalue weighted by molar-refractivity contribution is 0.251. The van der Waals surface area contributed by atoms with Gasteiger partial charge in [-0.1, -0.05) is 42.5 Å². The summed E-state index contributed by atoms with van der Waals surface area (Å²) in [5.41, 5.74) is 3.47. The van der Waals surface area contributed by atoms with Gasteiger partial charge >= 0.3 is 6.03 Å². The molecule has 3 aromatic rings. The molecular formula is C18H17N3O2. The van der Waals surface area contributed by atoms with Crippen molar-refractivity contribution < 1.29 is 9.21 Å². The Kier molecular flexibility index (Phi) is 4.38. The normalized spacial score (nSPS) is 10.3. The molecule has 0 aliphatic heterocycles. The van der Waals surface area contributed by atoms with Crippen molar-refractivity contribution >= 4 is 11.7 Å². The average molecular weight is 307 g/mol. The van der Waals surface area contributed by atoms with E-state index < -0.39 is 0 Å². The summed E-state index contributed by atoms with van der Waals surface area (Å²) in [5, 5.41) is 5.59. The van der Waals surface area contributed by atoms with Gasteiger partial charge in [0.15, 0.2) is 12.2 Å². The maximum absolute atomic E-state index is 12.0. The monoisotopic (exact) mass is 307 g/mol. The number of nitrogens with zero attached hydrogens (tertiary/aromatic N) is 1. The molecule has 0 fully saturated rings. The van der Waals surface area contributed by atoms with E-state index >= 15 is 0 Å². The molecule has 0 bridgehead atoms. The van der Waals surface area contributed by atoms with E-state index in [0.717, 1.165) is 16.8 Å². The topological polar surface area (TPSA) is 67.2 Å². The van der Waals surface area contributed by atoms with Gasteiger partial charge in [0.2, 0.25) is 0 Å². The number of oxazole rings is 1. The number of aryl methyl sites for hydroxylation is 1. The highest BCUT2D eigenvalue weighted by molar-refractivity contribution is 5.89. The van der Waals surface area contributed by atoms with E-state index in [1.807, 2.05) is 61.5 Å². The number of nitrogens with one attached hydrogen (secondary N) is 2. The number of carbonyl (C=O) groups excluding carboxylic acids is 1. The highest BCUT2D eigenvalue weighted by Gasteiger charge is 2.11. The fraction of sp³-hybridized carbons (Fsp3) is 0.111. The average Bonchev–Trinajstić information content (AvgIpc) is 3.02. The zero-order valence-corrected chi connectivity index (χ0v) is 12.7. The van der Waals surface area contributed by atoms with Gasteiger partial charge in [0.1, 0.15) is 5.69 Å². The van der Waals surface area contributed by atoms with E-state index in [1.165, 1.54) is 6.39 Å². The van der Waals surface area contributed by atoms with Crippen LogP contribution in [0.4, 0.5) is 10.5 Å². The Bertz CT molecular complexity index is 797. The molecule has 0 aliphatic carbocycles. The molecule has 0 spiro atoms. The van der Waals surface area contributed by atoms with Crippen molar-refractivity contribution in [1.82, 2.24) is 10.3 Å². The molecule has 0 atom stereocenters. The molecule has 2 aromatic carbocycles. The Morgan fingerprint density at radius 3 is 2.74 bits per heavy atom. The van der Waals surface area contributed by atoms with Crippen LogP contribution >= 0.6 is 0 Å². The lowest BCUT2D eigenvalue weighted by atomic mass is 10.1. The van der Waals surface area contributed by atoms with Gasteiger partial charge in [-0.15, -0.1) is 0 Å². The lowest BCUT2D eigenvalue weighted by Crippen LogP contribution is -2.28. The molecule has 5 nitrogen and oxygen atoms in total. The van der Waals surface area contributed by atoms with Gasteiger partial charge in [0, 0.05) is 11.3 Å². The molecular weight excluding hydrogens is 290 g/mol. The van der Waals surface area contributed by atoms with Crippen LogP contribution in [-0.4, -0.2) is 11.0 Å². The van der Waals surface area contributed by atoms with Crippen LogP contribution in [0.25, 0.3) is 11.3 Å². The van der Waals surface area contributed by atoms with E-state index in [4.69, 9.17) is 4.42 Å². The molecule has 0 radical (unpaired) electrons. The third-order valence-corrected chi connectivity index (χ3v) is 3.37. The van der Waals surface area contributed by atoms with E-state index in [0.29, 0.717) is 18.0 Å². The highest BCUT2D eigenvalue weighted by Crippen LogP contribution is 2.22. The van der Waals surface area contributed by atoms with Crippen molar-refractivity contribution in [3.63, 3.8) is 0 Å². The van der Waals surface area contributed by atoms with Crippen LogP contribution in [-0.2, 0) is 6.54 Å². The fourth-order valence-corrected chi connectivity index (χ4v) is 2.28. The van der Waals surface area contributed by atoms with E-state index in [9.17, 15) is 4.79 Å². The third kappa shape index (κ3) is 3.77. The van der Waals surface area contributed by atoms with Crippen LogP contribution in [0.15, 0.2) is 65.4 Å². The number of anilines is 1. The van der Waals surface area contributed by atoms with E-state index in [1.54, 1.807) is 0 Å². The van der Waals surface area contributed by atoms with Crippen LogP contribution in [0.5, 0.6) is 0 Å². The van der Waals surface area contributed by atoms with Gasteiger partial charge in [0.25, 0.3) is 0 Å². The molecule has 0 aliphatic rings. The summed E-state index contributed by atoms with van der Waals surface area (Å²) in [6.45, 7) is 2.27. The Balaban J connectivity index is 1.63. The lowest BCUT2D eigenvalue weighted by Gasteiger charge is -2.08. The number of aromatic nitrogens is 1. The Morgan fingerprint density at radius 2 is 1.96 bits per heavy atom. The number of hydrogen-bond acceptors (Lipinski definition) is 3. The van der Waals surface area contributed by atoms with Gasteiger partial charge < -0.3 is 15.1 Å². The minimum atomic E-state index is -0.280. The second-order valence-electron chi connectivity index (χ2n) is 5.17. The number of rotatable bonds is 4. The maximum atomic E-state index is 12.0. The van der Waals surface area contributed by atoms with E-state index in [-0.39, 0.29) is 6.03 Å². The molecule has 0 saturated heterocycles. The van der Waals surface area contributed by atoms with Crippen LogP contribution in [0.1, 0.15) is 11.3 Å². The molecule has 5 heteroatoms. The summed E-state index contributed by atoms with van der Waals surface area (Å²) in [5.74, 6) is 0.668. The Hall–Kier alpha value is -3.08. The molecule has 3 rings (SSSR count). The minimum Gasteiger partial charge on any atom is -0.443 e. The molecule has 23 heavy (non-hydrogen) atoms. The van der Waals surface area contributed by atoms with Crippen molar-refractivity contribution in [1.29, 1.82) is 0 Å². The first-order valence-corrected chi connectivity index (χ1v) is 7.31. The molecule has 1 heterocycles. The maximum Gasteiger partial charge on any atom is 0.319 e. The molecule has 2 N–H and O–H groups in total. The van der Waals surface area contributed by atoms with E-state index in [2.05, 4.69) is 15.6 Å². The van der Waals surface area contributed by atoms with Crippen molar-refractivity contribution in [2.24, 2.45) is 0 Å². The second kappa shape index (κ2) is 6.79. The SMILES string of the molecule is Cc1cccc(NC(=O)NCc2ncoc2-c2ccccc2)c1. The summed E-state index contributed by atoms with van der Waals surface area (Å²) in [4.78, 5) is 16.2. The van der Waals surface area contributed by atoms with Crippen LogP contribution in [0.3, 0.4) is 0 Å². The molecule has 1 aromatic heterocycles. The van der Waals surface area contributed by atoms with Gasteiger partial charge in [-0.3, -0.25) is 0 Å². The van der Waals surface area contributed by atoms with Crippen LogP contribution in [0, 0.1) is 6.92 Å². The van der Waals surface area contributed by atoms with Crippen molar-refractivity contribution in [3.8, 4) is 11.3 Å². The van der Waals surface area contributed by atoms with Gasteiger partial charge in [-0.25, -0.2) is 9.78 Å². The first kappa shape index (κ1) is 14.8. The summed E-state index contributed by atoms with van der Waals surface area (Å²) < 4.78 is 5.43. The van der Waals surface area contributed by atoms with Crippen LogP contribution < -0.4 is 10.6 Å². The number of benzene rings is 2. The number of carbonyl (C=O) groups is 1. The summed E-state index contributed by atoms with van der Waals surface area (Å²) in [6, 6.07) is 17.0. The standard InChI is InChI=1S/C18H17N3O2/c1-13-6-5-9-15(10-13)21-18(22)19-11-16-17(23-12-20-16)14-7-3-2-4-8-14/h2-10,12H,11H2,1H3,(H2,19,21,22). The Morgan fingerprint density at radius 1 is 1.13 bits per heavy atom.